The Labute approximate surface area is 107 Å². The molecule has 1 unspecified atom stereocenters. The highest BCUT2D eigenvalue weighted by molar-refractivity contribution is 4.88. The molecule has 0 aromatic carbocycles. The van der Waals surface area contributed by atoms with Gasteiger partial charge in [-0.2, -0.15) is 0 Å². The third-order valence-corrected chi connectivity index (χ3v) is 4.18. The summed E-state index contributed by atoms with van der Waals surface area (Å²) >= 11 is 0. The Morgan fingerprint density at radius 3 is 2.47 bits per heavy atom. The van der Waals surface area contributed by atoms with E-state index in [1.165, 1.54) is 32.1 Å². The van der Waals surface area contributed by atoms with E-state index in [2.05, 4.69) is 18.7 Å². The average Bonchev–Trinajstić information content (AvgIpc) is 2.31. The third-order valence-electron chi connectivity index (χ3n) is 4.18. The Balaban J connectivity index is 2.35. The Kier molecular flexibility index (Phi) is 6.45. The van der Waals surface area contributed by atoms with E-state index in [0.717, 1.165) is 26.1 Å². The second-order valence-corrected chi connectivity index (χ2v) is 5.61. The molecule has 0 aromatic rings. The molecule has 3 nitrogen and oxygen atoms in total. The lowest BCUT2D eigenvalue weighted by Crippen LogP contribution is -2.46. The molecule has 102 valence electrons. The van der Waals surface area contributed by atoms with Gasteiger partial charge in [0.2, 0.25) is 0 Å². The van der Waals surface area contributed by atoms with Crippen molar-refractivity contribution >= 4 is 0 Å². The van der Waals surface area contributed by atoms with Gasteiger partial charge in [-0.1, -0.05) is 26.2 Å². The lowest BCUT2D eigenvalue weighted by atomic mass is 9.80. The Hall–Kier alpha value is -0.120. The first-order valence-corrected chi connectivity index (χ1v) is 7.13. The van der Waals surface area contributed by atoms with Gasteiger partial charge in [-0.05, 0) is 32.7 Å². The van der Waals surface area contributed by atoms with Gasteiger partial charge >= 0.3 is 0 Å². The van der Waals surface area contributed by atoms with E-state index >= 15 is 0 Å². The van der Waals surface area contributed by atoms with E-state index in [1.54, 1.807) is 7.11 Å². The van der Waals surface area contributed by atoms with Crippen LogP contribution in [0.15, 0.2) is 0 Å². The van der Waals surface area contributed by atoms with Crippen molar-refractivity contribution in [3.8, 4) is 0 Å². The Morgan fingerprint density at radius 2 is 1.94 bits per heavy atom. The standard InChI is InChI=1S/C14H30N2O/c1-4-16(13(2)12-17-3)11-10-14(15)8-6-5-7-9-14/h13H,4-12,15H2,1-3H3. The van der Waals surface area contributed by atoms with Crippen molar-refractivity contribution in [2.75, 3.05) is 26.8 Å². The molecule has 1 fully saturated rings. The summed E-state index contributed by atoms with van der Waals surface area (Å²) in [5.74, 6) is 0. The van der Waals surface area contributed by atoms with Crippen LogP contribution in [0.5, 0.6) is 0 Å². The number of nitrogens with zero attached hydrogens (tertiary/aromatic N) is 1. The van der Waals surface area contributed by atoms with Crippen LogP contribution in [-0.4, -0.2) is 43.3 Å². The van der Waals surface area contributed by atoms with Gasteiger partial charge in [0, 0.05) is 25.2 Å². The minimum absolute atomic E-state index is 0.110. The first-order chi connectivity index (χ1) is 8.11. The molecule has 0 radical (unpaired) electrons. The summed E-state index contributed by atoms with van der Waals surface area (Å²) in [6.45, 7) is 7.46. The largest absolute Gasteiger partial charge is 0.383 e. The highest BCUT2D eigenvalue weighted by atomic mass is 16.5. The van der Waals surface area contributed by atoms with Crippen LogP contribution in [0.3, 0.4) is 0 Å². The second-order valence-electron chi connectivity index (χ2n) is 5.61. The van der Waals surface area contributed by atoms with Crippen molar-refractivity contribution in [2.45, 2.75) is 64.0 Å². The van der Waals surface area contributed by atoms with E-state index in [4.69, 9.17) is 10.5 Å². The zero-order chi connectivity index (χ0) is 12.7. The molecule has 1 aliphatic rings. The Morgan fingerprint density at radius 1 is 1.29 bits per heavy atom. The number of nitrogens with two attached hydrogens (primary N) is 1. The van der Waals surface area contributed by atoms with Crippen LogP contribution in [0.25, 0.3) is 0 Å². The zero-order valence-electron chi connectivity index (χ0n) is 11.9. The van der Waals surface area contributed by atoms with Crippen LogP contribution in [0.1, 0.15) is 52.4 Å². The Bertz CT molecular complexity index is 202. The normalized spacial score (nSPS) is 21.7. The van der Waals surface area contributed by atoms with Gasteiger partial charge in [0.1, 0.15) is 0 Å². The molecule has 0 aromatic heterocycles. The van der Waals surface area contributed by atoms with Crippen molar-refractivity contribution < 1.29 is 4.74 Å². The maximum atomic E-state index is 6.48. The second kappa shape index (κ2) is 7.34. The van der Waals surface area contributed by atoms with Gasteiger partial charge in [-0.3, -0.25) is 4.90 Å². The van der Waals surface area contributed by atoms with E-state index < -0.39 is 0 Å². The summed E-state index contributed by atoms with van der Waals surface area (Å²) in [5, 5.41) is 0. The predicted molar refractivity (Wildman–Crippen MR) is 73.2 cm³/mol. The van der Waals surface area contributed by atoms with Gasteiger partial charge in [0.25, 0.3) is 0 Å². The maximum absolute atomic E-state index is 6.48. The van der Waals surface area contributed by atoms with E-state index in [9.17, 15) is 0 Å². The lowest BCUT2D eigenvalue weighted by molar-refractivity contribution is 0.0938. The molecule has 2 N–H and O–H groups in total. The minimum Gasteiger partial charge on any atom is -0.383 e. The maximum Gasteiger partial charge on any atom is 0.0615 e. The predicted octanol–water partition coefficient (Wildman–Crippen LogP) is 2.39. The number of ether oxygens (including phenoxy) is 1. The quantitative estimate of drug-likeness (QED) is 0.745. The van der Waals surface area contributed by atoms with Crippen LogP contribution in [-0.2, 0) is 4.74 Å². The zero-order valence-corrected chi connectivity index (χ0v) is 11.9. The van der Waals surface area contributed by atoms with Gasteiger partial charge in [0.05, 0.1) is 6.61 Å². The SMILES string of the molecule is CCN(CCC1(N)CCCCC1)C(C)COC. The molecule has 3 heteroatoms. The average molecular weight is 242 g/mol. The summed E-state index contributed by atoms with van der Waals surface area (Å²) < 4.78 is 5.23. The molecule has 0 amide bonds. The number of methoxy groups -OCH3 is 1. The molecule has 0 saturated heterocycles. The number of hydrogen-bond donors (Lipinski definition) is 1. The summed E-state index contributed by atoms with van der Waals surface area (Å²) in [4.78, 5) is 2.48. The van der Waals surface area contributed by atoms with E-state index in [-0.39, 0.29) is 5.54 Å². The lowest BCUT2D eigenvalue weighted by Gasteiger charge is -2.36. The molecule has 1 saturated carbocycles. The van der Waals surface area contributed by atoms with Crippen LogP contribution in [0, 0.1) is 0 Å². The van der Waals surface area contributed by atoms with Crippen molar-refractivity contribution in [2.24, 2.45) is 5.73 Å². The van der Waals surface area contributed by atoms with Crippen molar-refractivity contribution in [1.29, 1.82) is 0 Å². The van der Waals surface area contributed by atoms with Gasteiger partial charge in [-0.15, -0.1) is 0 Å². The fourth-order valence-corrected chi connectivity index (χ4v) is 2.91. The van der Waals surface area contributed by atoms with Gasteiger partial charge < -0.3 is 10.5 Å². The molecular weight excluding hydrogens is 212 g/mol. The molecular formula is C14H30N2O. The highest BCUT2D eigenvalue weighted by Gasteiger charge is 2.28. The molecule has 0 aliphatic heterocycles. The molecule has 1 aliphatic carbocycles. The van der Waals surface area contributed by atoms with Crippen LogP contribution < -0.4 is 5.73 Å². The topological polar surface area (TPSA) is 38.5 Å². The molecule has 1 rings (SSSR count). The summed E-state index contributed by atoms with van der Waals surface area (Å²) in [6, 6.07) is 0.497. The molecule has 0 spiro atoms. The van der Waals surface area contributed by atoms with Gasteiger partial charge in [0.15, 0.2) is 0 Å². The van der Waals surface area contributed by atoms with Crippen LogP contribution in [0.4, 0.5) is 0 Å². The number of likely N-dealkylation sites (N-methyl/N-ethyl adjacent to an activating group) is 1. The summed E-state index contributed by atoms with van der Waals surface area (Å²) in [6.07, 6.45) is 7.56. The van der Waals surface area contributed by atoms with E-state index in [0.29, 0.717) is 6.04 Å². The first kappa shape index (κ1) is 14.9. The summed E-state index contributed by atoms with van der Waals surface area (Å²) in [5.41, 5.74) is 6.59. The van der Waals surface area contributed by atoms with Crippen molar-refractivity contribution in [3.05, 3.63) is 0 Å². The highest BCUT2D eigenvalue weighted by Crippen LogP contribution is 2.28. The van der Waals surface area contributed by atoms with Gasteiger partial charge in [-0.25, -0.2) is 0 Å². The van der Waals surface area contributed by atoms with E-state index in [1.807, 2.05) is 0 Å². The van der Waals surface area contributed by atoms with Crippen molar-refractivity contribution in [3.63, 3.8) is 0 Å². The molecule has 0 heterocycles. The fourth-order valence-electron chi connectivity index (χ4n) is 2.91. The first-order valence-electron chi connectivity index (χ1n) is 7.13. The fraction of sp³-hybridized carbons (Fsp3) is 1.00. The molecule has 17 heavy (non-hydrogen) atoms. The molecule has 0 bridgehead atoms. The molecule has 1 atom stereocenters. The number of hydrogen-bond acceptors (Lipinski definition) is 3. The minimum atomic E-state index is 0.110. The van der Waals surface area contributed by atoms with Crippen molar-refractivity contribution in [1.82, 2.24) is 4.90 Å². The smallest absolute Gasteiger partial charge is 0.0615 e. The van der Waals surface area contributed by atoms with Crippen LogP contribution in [0.2, 0.25) is 0 Å². The third kappa shape index (κ3) is 4.94. The summed E-state index contributed by atoms with van der Waals surface area (Å²) in [7, 11) is 1.77. The monoisotopic (exact) mass is 242 g/mol. The number of rotatable bonds is 7. The van der Waals surface area contributed by atoms with Crippen LogP contribution >= 0.6 is 0 Å².